The van der Waals surface area contributed by atoms with Gasteiger partial charge in [-0.05, 0) is 81.8 Å². The Bertz CT molecular complexity index is 1820. The summed E-state index contributed by atoms with van der Waals surface area (Å²) in [5.74, 6) is 1.89. The van der Waals surface area contributed by atoms with Gasteiger partial charge in [0.15, 0.2) is 17.3 Å². The first-order chi connectivity index (χ1) is 22.1. The molecule has 0 radical (unpaired) electrons. The number of carbonyl (C=O) groups excluding carboxylic acids is 1. The highest BCUT2D eigenvalue weighted by molar-refractivity contribution is 6.17. The van der Waals surface area contributed by atoms with Gasteiger partial charge in [0.2, 0.25) is 0 Å². The predicted molar refractivity (Wildman–Crippen MR) is 176 cm³/mol. The summed E-state index contributed by atoms with van der Waals surface area (Å²) in [5, 5.41) is 0. The van der Waals surface area contributed by atoms with Crippen molar-refractivity contribution in [2.45, 2.75) is 18.6 Å². The summed E-state index contributed by atoms with van der Waals surface area (Å²) in [4.78, 5) is 15.4. The van der Waals surface area contributed by atoms with Crippen LogP contribution in [-0.4, -0.2) is 27.1 Å². The highest BCUT2D eigenvalue weighted by Gasteiger charge is 2.62. The fourth-order valence-electron chi connectivity index (χ4n) is 7.08. The molecule has 3 atom stereocenters. The predicted octanol–water partition coefficient (Wildman–Crippen LogP) is 8.76. The molecule has 0 saturated carbocycles. The molecular formula is C40H34O5. The number of benzene rings is 5. The molecule has 1 heterocycles. The average molecular weight is 595 g/mol. The van der Waals surface area contributed by atoms with Crippen LogP contribution >= 0.6 is 0 Å². The van der Waals surface area contributed by atoms with Gasteiger partial charge in [-0.2, -0.15) is 0 Å². The van der Waals surface area contributed by atoms with Crippen molar-refractivity contribution in [3.63, 3.8) is 0 Å². The Morgan fingerprint density at radius 1 is 0.667 bits per heavy atom. The van der Waals surface area contributed by atoms with Gasteiger partial charge in [-0.3, -0.25) is 4.79 Å². The molecule has 0 bridgehead atoms. The molecule has 0 unspecified atom stereocenters. The zero-order chi connectivity index (χ0) is 31.0. The maximum Gasteiger partial charge on any atom is 0.176 e. The van der Waals surface area contributed by atoms with Crippen molar-refractivity contribution in [2.24, 2.45) is 5.41 Å². The van der Waals surface area contributed by atoms with Crippen LogP contribution in [0.5, 0.6) is 17.2 Å². The topological polar surface area (TPSA) is 54.0 Å². The Hall–Kier alpha value is -5.13. The number of rotatable bonds is 8. The second-order valence-corrected chi connectivity index (χ2v) is 11.4. The van der Waals surface area contributed by atoms with Gasteiger partial charge in [-0.25, -0.2) is 0 Å². The number of methoxy groups -OCH3 is 3. The second-order valence-electron chi connectivity index (χ2n) is 11.4. The third-order valence-corrected chi connectivity index (χ3v) is 9.11. The maximum atomic E-state index is 15.4. The van der Waals surface area contributed by atoms with Gasteiger partial charge in [0.25, 0.3) is 0 Å². The molecule has 0 amide bonds. The van der Waals surface area contributed by atoms with E-state index >= 15 is 4.79 Å². The Morgan fingerprint density at radius 2 is 1.22 bits per heavy atom. The number of carbonyl (C=O) groups is 1. The number of Topliss-reactive ketones (excluding diaryl/α,β-unsaturated/α-hetero) is 1. The number of ether oxygens (including phenoxy) is 4. The van der Waals surface area contributed by atoms with Gasteiger partial charge in [0.05, 0.1) is 32.8 Å². The van der Waals surface area contributed by atoms with E-state index in [0.29, 0.717) is 29.2 Å². The van der Waals surface area contributed by atoms with Gasteiger partial charge in [-0.1, -0.05) is 91.0 Å². The fourth-order valence-corrected chi connectivity index (χ4v) is 7.08. The van der Waals surface area contributed by atoms with E-state index in [9.17, 15) is 0 Å². The largest absolute Gasteiger partial charge is 0.497 e. The van der Waals surface area contributed by atoms with E-state index in [-0.39, 0.29) is 11.9 Å². The minimum Gasteiger partial charge on any atom is -0.497 e. The van der Waals surface area contributed by atoms with Crippen molar-refractivity contribution in [2.75, 3.05) is 21.3 Å². The lowest BCUT2D eigenvalue weighted by Crippen LogP contribution is -2.32. The van der Waals surface area contributed by atoms with Crippen LogP contribution in [0.1, 0.15) is 56.8 Å². The van der Waals surface area contributed by atoms with Crippen molar-refractivity contribution in [1.29, 1.82) is 0 Å². The van der Waals surface area contributed by atoms with Crippen LogP contribution in [0.15, 0.2) is 127 Å². The molecular weight excluding hydrogens is 560 g/mol. The van der Waals surface area contributed by atoms with Crippen LogP contribution in [0.3, 0.4) is 0 Å². The minimum atomic E-state index is -1.06. The van der Waals surface area contributed by atoms with Crippen molar-refractivity contribution >= 4 is 16.9 Å². The summed E-state index contributed by atoms with van der Waals surface area (Å²) in [6.45, 7) is 0. The summed E-state index contributed by atoms with van der Waals surface area (Å²) in [5.41, 5.74) is 6.37. The Balaban J connectivity index is 1.60. The number of fused-ring (bicyclic) bond motifs is 3. The molecule has 5 aromatic carbocycles. The Labute approximate surface area is 263 Å². The van der Waals surface area contributed by atoms with Crippen LogP contribution in [-0.2, 0) is 4.74 Å². The first-order valence-electron chi connectivity index (χ1n) is 15.1. The molecule has 7 rings (SSSR count). The van der Waals surface area contributed by atoms with E-state index in [0.717, 1.165) is 39.0 Å². The zero-order valence-corrected chi connectivity index (χ0v) is 25.5. The quantitative estimate of drug-likeness (QED) is 0.168. The molecule has 1 fully saturated rings. The van der Waals surface area contributed by atoms with E-state index in [4.69, 9.17) is 18.9 Å². The molecule has 1 aliphatic heterocycles. The van der Waals surface area contributed by atoms with Crippen molar-refractivity contribution in [3.8, 4) is 17.2 Å². The van der Waals surface area contributed by atoms with Crippen molar-refractivity contribution < 1.29 is 23.7 Å². The molecule has 5 heteroatoms. The van der Waals surface area contributed by atoms with Crippen LogP contribution in [0.4, 0.5) is 0 Å². The highest BCUT2D eigenvalue weighted by atomic mass is 16.5. The van der Waals surface area contributed by atoms with Crippen LogP contribution < -0.4 is 14.2 Å². The van der Waals surface area contributed by atoms with Gasteiger partial charge in [-0.15, -0.1) is 0 Å². The Kier molecular flexibility index (Phi) is 7.48. The summed E-state index contributed by atoms with van der Waals surface area (Å²) in [6.07, 6.45) is -0.406. The van der Waals surface area contributed by atoms with Crippen LogP contribution in [0.2, 0.25) is 0 Å². The second kappa shape index (κ2) is 11.8. The standard InChI is InChI=1S/C40H34O5/c1-42-30-21-19-29(20-22-30)38(41)40-25-35(26-13-7-4-8-14-26)45-39(40)32-24-34(44-3)33(43-2)23-31(32)37(40)36(27-15-9-5-10-16-27)28-17-11-6-12-18-28/h4-24,35,39H,25H2,1-3H3/t35-,39+,40-/m1/s1. The smallest absolute Gasteiger partial charge is 0.176 e. The third-order valence-electron chi connectivity index (χ3n) is 9.11. The lowest BCUT2D eigenvalue weighted by molar-refractivity contribution is 0.0260. The highest BCUT2D eigenvalue weighted by Crippen LogP contribution is 2.69. The van der Waals surface area contributed by atoms with Gasteiger partial charge >= 0.3 is 0 Å². The average Bonchev–Trinajstić information content (AvgIpc) is 3.62. The molecule has 0 N–H and O–H groups in total. The Morgan fingerprint density at radius 3 is 1.78 bits per heavy atom. The number of ketones is 1. The summed E-state index contributed by atoms with van der Waals surface area (Å²) in [7, 11) is 4.90. The van der Waals surface area contributed by atoms with E-state index in [1.54, 1.807) is 21.3 Å². The van der Waals surface area contributed by atoms with Gasteiger partial charge < -0.3 is 18.9 Å². The normalized spacial score (nSPS) is 19.8. The SMILES string of the molecule is COc1ccc(C(=O)[C@]23C[C@H](c4ccccc4)O[C@H]2c2cc(OC)c(OC)cc2C3=C(c2ccccc2)c2ccccc2)cc1. The van der Waals surface area contributed by atoms with E-state index in [1.807, 2.05) is 91.0 Å². The van der Waals surface area contributed by atoms with Crippen LogP contribution in [0.25, 0.3) is 11.1 Å². The van der Waals surface area contributed by atoms with Gasteiger partial charge in [0, 0.05) is 5.56 Å². The zero-order valence-electron chi connectivity index (χ0n) is 25.5. The summed E-state index contributed by atoms with van der Waals surface area (Å²) in [6, 6.07) is 42.2. The number of hydrogen-bond donors (Lipinski definition) is 0. The van der Waals surface area contributed by atoms with Gasteiger partial charge in [0.1, 0.15) is 11.9 Å². The monoisotopic (exact) mass is 594 g/mol. The lowest BCUT2D eigenvalue weighted by atomic mass is 9.68. The first kappa shape index (κ1) is 28.6. The molecule has 1 aliphatic carbocycles. The summed E-state index contributed by atoms with van der Waals surface area (Å²) < 4.78 is 24.1. The summed E-state index contributed by atoms with van der Waals surface area (Å²) >= 11 is 0. The molecule has 45 heavy (non-hydrogen) atoms. The minimum absolute atomic E-state index is 0.00193. The molecule has 2 aliphatic rings. The maximum absolute atomic E-state index is 15.4. The molecule has 0 aromatic heterocycles. The third kappa shape index (κ3) is 4.71. The van der Waals surface area contributed by atoms with Crippen LogP contribution in [0, 0.1) is 5.41 Å². The molecule has 5 nitrogen and oxygen atoms in total. The van der Waals surface area contributed by atoms with E-state index < -0.39 is 11.5 Å². The fraction of sp³-hybridized carbons (Fsp3) is 0.175. The molecule has 1 saturated heterocycles. The molecule has 5 aromatic rings. The van der Waals surface area contributed by atoms with E-state index in [1.165, 1.54) is 0 Å². The first-order valence-corrected chi connectivity index (χ1v) is 15.1. The lowest BCUT2D eigenvalue weighted by Gasteiger charge is -2.31. The molecule has 224 valence electrons. The molecule has 0 spiro atoms. The van der Waals surface area contributed by atoms with Crippen molar-refractivity contribution in [3.05, 3.63) is 161 Å². The number of hydrogen-bond acceptors (Lipinski definition) is 5. The van der Waals surface area contributed by atoms with Crippen molar-refractivity contribution in [1.82, 2.24) is 0 Å². The van der Waals surface area contributed by atoms with E-state index in [2.05, 4.69) is 36.4 Å².